The van der Waals surface area contributed by atoms with E-state index in [4.69, 9.17) is 18.9 Å². The minimum Gasteiger partial charge on any atom is -0.382 e. The minimum atomic E-state index is 0.207. The molecule has 0 saturated carbocycles. The monoisotopic (exact) mass is 248 g/mol. The highest BCUT2D eigenvalue weighted by Gasteiger charge is 2.17. The van der Waals surface area contributed by atoms with Gasteiger partial charge in [0.05, 0.1) is 33.0 Å². The Morgan fingerprint density at radius 1 is 0.765 bits per heavy atom. The average Bonchev–Trinajstić information content (AvgIpc) is 2.29. The van der Waals surface area contributed by atoms with Crippen LogP contribution >= 0.6 is 0 Å². The van der Waals surface area contributed by atoms with Crippen LogP contribution in [0.1, 0.15) is 26.7 Å². The molecule has 4 heteroatoms. The lowest BCUT2D eigenvalue weighted by Gasteiger charge is -2.24. The summed E-state index contributed by atoms with van der Waals surface area (Å²) in [5.41, 5.74) is 0.207. The van der Waals surface area contributed by atoms with Crippen LogP contribution in [0.3, 0.4) is 0 Å². The highest BCUT2D eigenvalue weighted by Crippen LogP contribution is 2.22. The maximum atomic E-state index is 5.55. The van der Waals surface area contributed by atoms with Crippen LogP contribution in [0.5, 0.6) is 0 Å². The highest BCUT2D eigenvalue weighted by molar-refractivity contribution is 4.67. The Bertz CT molecular complexity index is 159. The van der Waals surface area contributed by atoms with Crippen LogP contribution < -0.4 is 0 Å². The van der Waals surface area contributed by atoms with Gasteiger partial charge in [-0.25, -0.2) is 0 Å². The standard InChI is InChI=1S/C13H28O4/c1-13(2,12-17-11-9-15-4)6-5-7-16-10-8-14-3/h5-12H2,1-4H3. The third-order valence-corrected chi connectivity index (χ3v) is 2.50. The molecule has 104 valence electrons. The van der Waals surface area contributed by atoms with Gasteiger partial charge in [0.25, 0.3) is 0 Å². The van der Waals surface area contributed by atoms with Gasteiger partial charge in [-0.05, 0) is 18.3 Å². The van der Waals surface area contributed by atoms with E-state index < -0.39 is 0 Å². The second-order valence-electron chi connectivity index (χ2n) is 4.92. The van der Waals surface area contributed by atoms with Gasteiger partial charge < -0.3 is 18.9 Å². The topological polar surface area (TPSA) is 36.9 Å². The van der Waals surface area contributed by atoms with Gasteiger partial charge in [0.1, 0.15) is 0 Å². The largest absolute Gasteiger partial charge is 0.382 e. The predicted octanol–water partition coefficient (Wildman–Crippen LogP) is 2.12. The highest BCUT2D eigenvalue weighted by atomic mass is 16.5. The van der Waals surface area contributed by atoms with Crippen molar-refractivity contribution in [1.82, 2.24) is 0 Å². The molecule has 0 heterocycles. The van der Waals surface area contributed by atoms with E-state index in [0.29, 0.717) is 26.4 Å². The molecular weight excluding hydrogens is 220 g/mol. The predicted molar refractivity (Wildman–Crippen MR) is 68.4 cm³/mol. The molecule has 0 aliphatic carbocycles. The van der Waals surface area contributed by atoms with E-state index in [0.717, 1.165) is 26.1 Å². The fourth-order valence-electron chi connectivity index (χ4n) is 1.46. The maximum absolute atomic E-state index is 5.55. The van der Waals surface area contributed by atoms with Crippen LogP contribution in [0, 0.1) is 5.41 Å². The molecule has 4 nitrogen and oxygen atoms in total. The second kappa shape index (κ2) is 11.0. The van der Waals surface area contributed by atoms with Gasteiger partial charge in [-0.3, -0.25) is 0 Å². The van der Waals surface area contributed by atoms with Gasteiger partial charge in [0.15, 0.2) is 0 Å². The van der Waals surface area contributed by atoms with Gasteiger partial charge in [-0.1, -0.05) is 13.8 Å². The van der Waals surface area contributed by atoms with Gasteiger partial charge in [-0.2, -0.15) is 0 Å². The Balaban J connectivity index is 3.37. The Morgan fingerprint density at radius 2 is 1.35 bits per heavy atom. The summed E-state index contributed by atoms with van der Waals surface area (Å²) in [5, 5.41) is 0. The molecule has 0 aliphatic rings. The van der Waals surface area contributed by atoms with Crippen molar-refractivity contribution in [3.63, 3.8) is 0 Å². The first-order valence-corrected chi connectivity index (χ1v) is 6.26. The van der Waals surface area contributed by atoms with Crippen molar-refractivity contribution in [3.05, 3.63) is 0 Å². The number of methoxy groups -OCH3 is 2. The summed E-state index contributed by atoms with van der Waals surface area (Å²) in [6.07, 6.45) is 2.16. The SMILES string of the molecule is COCCOCCCC(C)(C)COCCOC. The molecule has 0 aromatic carbocycles. The zero-order valence-electron chi connectivity index (χ0n) is 11.8. The summed E-state index contributed by atoms with van der Waals surface area (Å²) in [6.45, 7) is 8.69. The van der Waals surface area contributed by atoms with E-state index >= 15 is 0 Å². The van der Waals surface area contributed by atoms with Crippen LogP contribution in [0.15, 0.2) is 0 Å². The Hall–Kier alpha value is -0.160. The average molecular weight is 248 g/mol. The molecule has 0 aromatic rings. The van der Waals surface area contributed by atoms with E-state index in [1.807, 2.05) is 0 Å². The third kappa shape index (κ3) is 12.1. The van der Waals surface area contributed by atoms with Gasteiger partial charge >= 0.3 is 0 Å². The molecule has 0 N–H and O–H groups in total. The van der Waals surface area contributed by atoms with Gasteiger partial charge in [-0.15, -0.1) is 0 Å². The van der Waals surface area contributed by atoms with Crippen molar-refractivity contribution in [2.45, 2.75) is 26.7 Å². The number of ether oxygens (including phenoxy) is 4. The normalized spacial score (nSPS) is 12.0. The molecule has 0 aromatic heterocycles. The third-order valence-electron chi connectivity index (χ3n) is 2.50. The Labute approximate surface area is 106 Å². The second-order valence-corrected chi connectivity index (χ2v) is 4.92. The quantitative estimate of drug-likeness (QED) is 0.496. The van der Waals surface area contributed by atoms with Crippen molar-refractivity contribution in [2.24, 2.45) is 5.41 Å². The van der Waals surface area contributed by atoms with Crippen molar-refractivity contribution in [2.75, 3.05) is 53.9 Å². The van der Waals surface area contributed by atoms with E-state index in [2.05, 4.69) is 13.8 Å². The van der Waals surface area contributed by atoms with E-state index in [1.54, 1.807) is 14.2 Å². The summed E-state index contributed by atoms with van der Waals surface area (Å²) in [6, 6.07) is 0. The molecule has 0 amide bonds. The summed E-state index contributed by atoms with van der Waals surface area (Å²) in [7, 11) is 3.37. The molecule has 17 heavy (non-hydrogen) atoms. The lowest BCUT2D eigenvalue weighted by Crippen LogP contribution is -2.21. The summed E-state index contributed by atoms with van der Waals surface area (Å²) in [4.78, 5) is 0. The zero-order chi connectivity index (χ0) is 13.0. The van der Waals surface area contributed by atoms with E-state index in [9.17, 15) is 0 Å². The molecule has 0 fully saturated rings. The van der Waals surface area contributed by atoms with Gasteiger partial charge in [0.2, 0.25) is 0 Å². The number of rotatable bonds is 12. The molecule has 0 rings (SSSR count). The van der Waals surface area contributed by atoms with Crippen molar-refractivity contribution >= 4 is 0 Å². The molecular formula is C13H28O4. The summed E-state index contributed by atoms with van der Waals surface area (Å²) < 4.78 is 20.8. The molecule has 0 bridgehead atoms. The first kappa shape index (κ1) is 16.8. The first-order valence-electron chi connectivity index (χ1n) is 6.26. The van der Waals surface area contributed by atoms with Crippen molar-refractivity contribution in [1.29, 1.82) is 0 Å². The minimum absolute atomic E-state index is 0.207. The lowest BCUT2D eigenvalue weighted by molar-refractivity contribution is 0.0184. The van der Waals surface area contributed by atoms with Crippen LogP contribution in [0.2, 0.25) is 0 Å². The van der Waals surface area contributed by atoms with Crippen LogP contribution in [0.4, 0.5) is 0 Å². The molecule has 0 spiro atoms. The zero-order valence-corrected chi connectivity index (χ0v) is 11.8. The molecule has 0 unspecified atom stereocenters. The fraction of sp³-hybridized carbons (Fsp3) is 1.00. The van der Waals surface area contributed by atoms with Crippen molar-refractivity contribution < 1.29 is 18.9 Å². The van der Waals surface area contributed by atoms with Crippen molar-refractivity contribution in [3.8, 4) is 0 Å². The molecule has 0 radical (unpaired) electrons. The maximum Gasteiger partial charge on any atom is 0.0700 e. The smallest absolute Gasteiger partial charge is 0.0700 e. The van der Waals surface area contributed by atoms with Gasteiger partial charge in [0, 0.05) is 20.8 Å². The van der Waals surface area contributed by atoms with Crippen LogP contribution in [0.25, 0.3) is 0 Å². The fourth-order valence-corrected chi connectivity index (χ4v) is 1.46. The summed E-state index contributed by atoms with van der Waals surface area (Å²) in [5.74, 6) is 0. The lowest BCUT2D eigenvalue weighted by atomic mass is 9.89. The molecule has 0 atom stereocenters. The van der Waals surface area contributed by atoms with E-state index in [-0.39, 0.29) is 5.41 Å². The first-order chi connectivity index (χ1) is 8.12. The van der Waals surface area contributed by atoms with Crippen LogP contribution in [-0.2, 0) is 18.9 Å². The van der Waals surface area contributed by atoms with Crippen LogP contribution in [-0.4, -0.2) is 53.9 Å². The number of hydrogen-bond acceptors (Lipinski definition) is 4. The van der Waals surface area contributed by atoms with E-state index in [1.165, 1.54) is 0 Å². The Kier molecular flexibility index (Phi) is 10.9. The molecule has 0 saturated heterocycles. The molecule has 0 aliphatic heterocycles. The number of hydrogen-bond donors (Lipinski definition) is 0. The summed E-state index contributed by atoms with van der Waals surface area (Å²) >= 11 is 0. The Morgan fingerprint density at radius 3 is 1.94 bits per heavy atom.